The van der Waals surface area contributed by atoms with Crippen molar-refractivity contribution in [3.8, 4) is 0 Å². The fourth-order valence-corrected chi connectivity index (χ4v) is 1.19. The molecule has 0 atom stereocenters. The van der Waals surface area contributed by atoms with Crippen LogP contribution in [0.2, 0.25) is 0 Å². The van der Waals surface area contributed by atoms with E-state index in [2.05, 4.69) is 0 Å². The van der Waals surface area contributed by atoms with E-state index >= 15 is 0 Å². The van der Waals surface area contributed by atoms with Gasteiger partial charge >= 0.3 is 5.97 Å². The Bertz CT molecular complexity index is 563. The van der Waals surface area contributed by atoms with Crippen molar-refractivity contribution in [3.63, 3.8) is 0 Å². The Morgan fingerprint density at radius 1 is 1.00 bits per heavy atom. The Morgan fingerprint density at radius 3 is 2.25 bits per heavy atom. The van der Waals surface area contributed by atoms with E-state index < -0.39 is 53.9 Å². The van der Waals surface area contributed by atoms with E-state index in [4.69, 9.17) is 5.11 Å². The van der Waals surface area contributed by atoms with Crippen LogP contribution in [0.25, 0.3) is 0 Å². The molecule has 0 fully saturated rings. The first-order chi connectivity index (χ1) is 9.32. The van der Waals surface area contributed by atoms with Gasteiger partial charge in [0.25, 0.3) is 5.91 Å². The zero-order valence-corrected chi connectivity index (χ0v) is 9.87. The molecule has 1 aromatic carbocycles. The Morgan fingerprint density at radius 2 is 1.65 bits per heavy atom. The van der Waals surface area contributed by atoms with Gasteiger partial charge in [-0.1, -0.05) is 0 Å². The maximum atomic E-state index is 13.2. The quantitative estimate of drug-likeness (QED) is 0.667. The predicted octanol–water partition coefficient (Wildman–Crippen LogP) is 0.0345. The topological polar surface area (TPSA) is 95.5 Å². The molecule has 2 amide bonds. The molecule has 0 unspecified atom stereocenters. The summed E-state index contributed by atoms with van der Waals surface area (Å²) in [5.74, 6) is -8.16. The van der Waals surface area contributed by atoms with Crippen molar-refractivity contribution in [3.05, 3.63) is 35.1 Å². The van der Waals surface area contributed by atoms with Crippen molar-refractivity contribution in [1.29, 1.82) is 0 Å². The molecule has 1 aromatic rings. The fourth-order valence-electron chi connectivity index (χ4n) is 1.19. The minimum absolute atomic E-state index is 0.567. The summed E-state index contributed by atoms with van der Waals surface area (Å²) >= 11 is 0. The lowest BCUT2D eigenvalue weighted by Gasteiger charge is -2.07. The van der Waals surface area contributed by atoms with Gasteiger partial charge in [-0.3, -0.25) is 14.4 Å². The summed E-state index contributed by atoms with van der Waals surface area (Å²) in [6.45, 7) is -1.28. The summed E-state index contributed by atoms with van der Waals surface area (Å²) in [4.78, 5) is 32.7. The highest BCUT2D eigenvalue weighted by Crippen LogP contribution is 2.14. The van der Waals surface area contributed by atoms with Gasteiger partial charge in [0.15, 0.2) is 17.5 Å². The Balaban J connectivity index is 2.62. The Hall–Kier alpha value is -2.58. The molecule has 0 saturated carbocycles. The minimum Gasteiger partial charge on any atom is -0.480 e. The van der Waals surface area contributed by atoms with E-state index in [9.17, 15) is 27.6 Å². The molecule has 0 saturated heterocycles. The second kappa shape index (κ2) is 6.55. The van der Waals surface area contributed by atoms with Crippen molar-refractivity contribution < 1.29 is 32.7 Å². The fraction of sp³-hybridized carbons (Fsp3) is 0.182. The van der Waals surface area contributed by atoms with Gasteiger partial charge in [-0.2, -0.15) is 0 Å². The van der Waals surface area contributed by atoms with E-state index in [0.717, 1.165) is 6.07 Å². The molecule has 0 spiro atoms. The maximum absolute atomic E-state index is 13.2. The van der Waals surface area contributed by atoms with Crippen molar-refractivity contribution in [2.45, 2.75) is 0 Å². The molecular weight excluding hydrogens is 281 g/mol. The van der Waals surface area contributed by atoms with Crippen molar-refractivity contribution in [2.75, 3.05) is 13.1 Å². The summed E-state index contributed by atoms with van der Waals surface area (Å²) in [7, 11) is 0. The smallest absolute Gasteiger partial charge is 0.322 e. The molecule has 3 N–H and O–H groups in total. The van der Waals surface area contributed by atoms with E-state index in [1.165, 1.54) is 0 Å². The SMILES string of the molecule is O=C(O)CNC(=O)CNC(=O)c1ccc(F)c(F)c1F. The lowest BCUT2D eigenvalue weighted by molar-refractivity contribution is -0.137. The number of hydrogen-bond donors (Lipinski definition) is 3. The summed E-state index contributed by atoms with van der Waals surface area (Å²) in [5.41, 5.74) is -0.769. The number of benzene rings is 1. The van der Waals surface area contributed by atoms with Crippen LogP contribution in [0.15, 0.2) is 12.1 Å². The summed E-state index contributed by atoms with van der Waals surface area (Å²) in [5, 5.41) is 12.2. The van der Waals surface area contributed by atoms with Crippen LogP contribution >= 0.6 is 0 Å². The van der Waals surface area contributed by atoms with E-state index in [0.29, 0.717) is 6.07 Å². The lowest BCUT2D eigenvalue weighted by atomic mass is 10.2. The number of carboxylic acids is 1. The first-order valence-corrected chi connectivity index (χ1v) is 5.23. The van der Waals surface area contributed by atoms with Crippen LogP contribution in [-0.4, -0.2) is 36.0 Å². The molecule has 0 aliphatic rings. The average Bonchev–Trinajstić information content (AvgIpc) is 2.40. The summed E-state index contributed by atoms with van der Waals surface area (Å²) in [6, 6.07) is 1.29. The molecule has 0 bridgehead atoms. The number of aliphatic carboxylic acids is 1. The van der Waals surface area contributed by atoms with Gasteiger partial charge in [0.05, 0.1) is 12.1 Å². The largest absolute Gasteiger partial charge is 0.480 e. The van der Waals surface area contributed by atoms with Crippen LogP contribution < -0.4 is 10.6 Å². The molecule has 0 aliphatic carbocycles. The maximum Gasteiger partial charge on any atom is 0.322 e. The minimum atomic E-state index is -1.80. The van der Waals surface area contributed by atoms with E-state index in [-0.39, 0.29) is 0 Å². The summed E-state index contributed by atoms with van der Waals surface area (Å²) < 4.78 is 38.8. The van der Waals surface area contributed by atoms with Gasteiger partial charge in [-0.05, 0) is 12.1 Å². The first kappa shape index (κ1) is 15.5. The zero-order valence-electron chi connectivity index (χ0n) is 9.87. The number of halogens is 3. The van der Waals surface area contributed by atoms with Gasteiger partial charge in [0, 0.05) is 0 Å². The molecule has 6 nitrogen and oxygen atoms in total. The van der Waals surface area contributed by atoms with Gasteiger partial charge < -0.3 is 15.7 Å². The molecule has 108 valence electrons. The number of rotatable bonds is 5. The van der Waals surface area contributed by atoms with Crippen LogP contribution in [-0.2, 0) is 9.59 Å². The first-order valence-electron chi connectivity index (χ1n) is 5.23. The third-order valence-corrected chi connectivity index (χ3v) is 2.13. The molecule has 1 rings (SSSR count). The number of amides is 2. The predicted molar refractivity (Wildman–Crippen MR) is 59.3 cm³/mol. The lowest BCUT2D eigenvalue weighted by Crippen LogP contribution is -2.39. The average molecular weight is 290 g/mol. The molecule has 20 heavy (non-hydrogen) atoms. The van der Waals surface area contributed by atoms with Crippen LogP contribution in [0.1, 0.15) is 10.4 Å². The highest BCUT2D eigenvalue weighted by atomic mass is 19.2. The van der Waals surface area contributed by atoms with Gasteiger partial charge in [-0.15, -0.1) is 0 Å². The highest BCUT2D eigenvalue weighted by molar-refractivity contribution is 5.96. The molecular formula is C11H9F3N2O4. The molecule has 0 aromatic heterocycles. The van der Waals surface area contributed by atoms with Crippen molar-refractivity contribution in [1.82, 2.24) is 10.6 Å². The van der Waals surface area contributed by atoms with Crippen molar-refractivity contribution in [2.24, 2.45) is 0 Å². The second-order valence-corrected chi connectivity index (χ2v) is 3.58. The number of carbonyl (C=O) groups is 3. The number of carbonyl (C=O) groups excluding carboxylic acids is 2. The van der Waals surface area contributed by atoms with Crippen LogP contribution in [0.5, 0.6) is 0 Å². The Kier molecular flexibility index (Phi) is 5.07. The van der Waals surface area contributed by atoms with Crippen LogP contribution in [0.4, 0.5) is 13.2 Å². The van der Waals surface area contributed by atoms with Gasteiger partial charge in [-0.25, -0.2) is 13.2 Å². The van der Waals surface area contributed by atoms with Gasteiger partial charge in [0.2, 0.25) is 5.91 Å². The Labute approximate surface area is 110 Å². The number of hydrogen-bond acceptors (Lipinski definition) is 3. The standard InChI is InChI=1S/C11H9F3N2O4/c12-6-2-1-5(9(13)10(6)14)11(20)16-3-7(17)15-4-8(18)19/h1-2H,3-4H2,(H,15,17)(H,16,20)(H,18,19). The molecule has 0 heterocycles. The second-order valence-electron chi connectivity index (χ2n) is 3.58. The highest BCUT2D eigenvalue weighted by Gasteiger charge is 2.19. The van der Waals surface area contributed by atoms with E-state index in [1.54, 1.807) is 0 Å². The molecule has 0 radical (unpaired) electrons. The summed E-state index contributed by atoms with van der Waals surface area (Å²) in [6.07, 6.45) is 0. The normalized spacial score (nSPS) is 9.95. The third kappa shape index (κ3) is 3.97. The zero-order chi connectivity index (χ0) is 15.3. The third-order valence-electron chi connectivity index (χ3n) is 2.13. The number of carboxylic acid groups (broad SMARTS) is 1. The van der Waals surface area contributed by atoms with E-state index in [1.807, 2.05) is 10.6 Å². The molecule has 0 aliphatic heterocycles. The van der Waals surface area contributed by atoms with Crippen LogP contribution in [0.3, 0.4) is 0 Å². The number of nitrogens with one attached hydrogen (secondary N) is 2. The monoisotopic (exact) mass is 290 g/mol. The van der Waals surface area contributed by atoms with Gasteiger partial charge in [0.1, 0.15) is 6.54 Å². The molecule has 9 heteroatoms. The van der Waals surface area contributed by atoms with Crippen molar-refractivity contribution >= 4 is 17.8 Å². The van der Waals surface area contributed by atoms with Crippen LogP contribution in [0, 0.1) is 17.5 Å².